The van der Waals surface area contributed by atoms with Gasteiger partial charge in [-0.25, -0.2) is 17.7 Å². The molecule has 0 radical (unpaired) electrons. The summed E-state index contributed by atoms with van der Waals surface area (Å²) in [7, 11) is -1.43. The molecule has 1 aromatic rings. The summed E-state index contributed by atoms with van der Waals surface area (Å²) in [5, 5.41) is 0.986. The molecule has 0 bridgehead atoms. The molecule has 1 saturated heterocycles. The molecule has 1 aromatic heterocycles. The average molecular weight is 302 g/mol. The predicted molar refractivity (Wildman–Crippen MR) is 75.1 cm³/mol. The second-order valence-corrected chi connectivity index (χ2v) is 8.34. The van der Waals surface area contributed by atoms with Crippen molar-refractivity contribution in [3.8, 4) is 0 Å². The minimum atomic E-state index is -3.07. The number of rotatable bonds is 5. The molecule has 1 aliphatic heterocycles. The summed E-state index contributed by atoms with van der Waals surface area (Å²) in [6.07, 6.45) is 3.69. The fourth-order valence-corrected chi connectivity index (χ4v) is 3.45. The van der Waals surface area contributed by atoms with Crippen LogP contribution < -0.4 is 4.90 Å². The van der Waals surface area contributed by atoms with E-state index in [2.05, 4.69) is 14.3 Å². The molecule has 2 aliphatic rings. The van der Waals surface area contributed by atoms with Crippen molar-refractivity contribution in [2.75, 3.05) is 37.8 Å². The standard InChI is InChI=1S/C11H18N4O2S2/c1-14(19(2,16)17)5-8-6-15(7-8)11-12-10(13-18-11)9-3-4-9/h8-9H,3-7H2,1-2H3. The van der Waals surface area contributed by atoms with Crippen LogP contribution in [0.25, 0.3) is 0 Å². The van der Waals surface area contributed by atoms with Crippen LogP contribution in [0.3, 0.4) is 0 Å². The highest BCUT2D eigenvalue weighted by Crippen LogP contribution is 2.40. The molecular weight excluding hydrogens is 284 g/mol. The molecule has 6 nitrogen and oxygen atoms in total. The summed E-state index contributed by atoms with van der Waals surface area (Å²) >= 11 is 1.46. The first-order valence-electron chi connectivity index (χ1n) is 6.43. The summed E-state index contributed by atoms with van der Waals surface area (Å²) in [5.41, 5.74) is 0. The first-order valence-corrected chi connectivity index (χ1v) is 9.05. The van der Waals surface area contributed by atoms with E-state index in [1.807, 2.05) is 0 Å². The second-order valence-electron chi connectivity index (χ2n) is 5.52. The van der Waals surface area contributed by atoms with Gasteiger partial charge in [0.15, 0.2) is 0 Å². The molecule has 1 saturated carbocycles. The first kappa shape index (κ1) is 13.3. The highest BCUT2D eigenvalue weighted by Gasteiger charge is 2.33. The Kier molecular flexibility index (Phi) is 3.26. The molecule has 0 unspecified atom stereocenters. The SMILES string of the molecule is CN(CC1CN(c2nc(C3CC3)ns2)C1)S(C)(=O)=O. The van der Waals surface area contributed by atoms with Crippen molar-refractivity contribution < 1.29 is 8.42 Å². The summed E-state index contributed by atoms with van der Waals surface area (Å²) in [5.74, 6) is 1.99. The van der Waals surface area contributed by atoms with E-state index in [0.29, 0.717) is 18.4 Å². The molecule has 2 fully saturated rings. The zero-order valence-electron chi connectivity index (χ0n) is 11.1. The third-order valence-electron chi connectivity index (χ3n) is 3.68. The summed E-state index contributed by atoms with van der Waals surface area (Å²) in [6.45, 7) is 2.34. The third kappa shape index (κ3) is 2.90. The van der Waals surface area contributed by atoms with E-state index in [1.54, 1.807) is 7.05 Å². The average Bonchev–Trinajstić information content (AvgIpc) is 3.01. The van der Waals surface area contributed by atoms with Gasteiger partial charge in [0.05, 0.1) is 6.26 Å². The first-order chi connectivity index (χ1) is 8.93. The van der Waals surface area contributed by atoms with E-state index in [4.69, 9.17) is 0 Å². The van der Waals surface area contributed by atoms with Crippen LogP contribution in [-0.4, -0.2) is 55.0 Å². The maximum atomic E-state index is 11.3. The lowest BCUT2D eigenvalue weighted by Gasteiger charge is -2.40. The van der Waals surface area contributed by atoms with Crippen molar-refractivity contribution >= 4 is 26.7 Å². The van der Waals surface area contributed by atoms with Crippen molar-refractivity contribution in [3.05, 3.63) is 5.82 Å². The Labute approximate surface area is 117 Å². The van der Waals surface area contributed by atoms with Gasteiger partial charge in [0, 0.05) is 50.1 Å². The molecule has 1 aliphatic carbocycles. The van der Waals surface area contributed by atoms with Crippen molar-refractivity contribution in [1.29, 1.82) is 0 Å². The molecular formula is C11H18N4O2S2. The van der Waals surface area contributed by atoms with Crippen LogP contribution in [0.5, 0.6) is 0 Å². The van der Waals surface area contributed by atoms with Crippen LogP contribution in [0, 0.1) is 5.92 Å². The minimum Gasteiger partial charge on any atom is -0.346 e. The van der Waals surface area contributed by atoms with Crippen LogP contribution in [0.1, 0.15) is 24.6 Å². The number of anilines is 1. The maximum absolute atomic E-state index is 11.3. The Hall–Kier alpha value is -0.730. The molecule has 0 N–H and O–H groups in total. The largest absolute Gasteiger partial charge is 0.346 e. The lowest BCUT2D eigenvalue weighted by atomic mass is 10.0. The summed E-state index contributed by atoms with van der Waals surface area (Å²) in [6, 6.07) is 0. The summed E-state index contributed by atoms with van der Waals surface area (Å²) in [4.78, 5) is 6.74. The zero-order valence-corrected chi connectivity index (χ0v) is 12.7. The van der Waals surface area contributed by atoms with Gasteiger partial charge in [-0.2, -0.15) is 4.37 Å². The number of hydrogen-bond acceptors (Lipinski definition) is 6. The molecule has 0 amide bonds. The van der Waals surface area contributed by atoms with E-state index in [9.17, 15) is 8.42 Å². The van der Waals surface area contributed by atoms with E-state index >= 15 is 0 Å². The molecule has 8 heteroatoms. The van der Waals surface area contributed by atoms with Gasteiger partial charge in [0.2, 0.25) is 15.2 Å². The summed E-state index contributed by atoms with van der Waals surface area (Å²) < 4.78 is 28.5. The van der Waals surface area contributed by atoms with Crippen molar-refractivity contribution in [2.24, 2.45) is 5.92 Å². The van der Waals surface area contributed by atoms with Crippen molar-refractivity contribution in [3.63, 3.8) is 0 Å². The monoisotopic (exact) mass is 302 g/mol. The Bertz CT molecular complexity index is 561. The zero-order chi connectivity index (χ0) is 13.6. The molecule has 0 aromatic carbocycles. The van der Waals surface area contributed by atoms with E-state index < -0.39 is 10.0 Å². The Balaban J connectivity index is 1.51. The normalized spacial score (nSPS) is 20.9. The number of nitrogens with zero attached hydrogens (tertiary/aromatic N) is 4. The fourth-order valence-electron chi connectivity index (χ4n) is 2.20. The quantitative estimate of drug-likeness (QED) is 0.803. The lowest BCUT2D eigenvalue weighted by molar-refractivity contribution is 0.328. The molecule has 0 atom stereocenters. The van der Waals surface area contributed by atoms with Crippen molar-refractivity contribution in [1.82, 2.24) is 13.7 Å². The van der Waals surface area contributed by atoms with Gasteiger partial charge in [-0.3, -0.25) is 0 Å². The predicted octanol–water partition coefficient (Wildman–Crippen LogP) is 0.743. The smallest absolute Gasteiger partial charge is 0.210 e. The van der Waals surface area contributed by atoms with Gasteiger partial charge < -0.3 is 4.90 Å². The van der Waals surface area contributed by atoms with Gasteiger partial charge in [0.25, 0.3) is 0 Å². The Morgan fingerprint density at radius 2 is 2.11 bits per heavy atom. The highest BCUT2D eigenvalue weighted by atomic mass is 32.2. The van der Waals surface area contributed by atoms with Gasteiger partial charge in [0.1, 0.15) is 5.82 Å². The van der Waals surface area contributed by atoms with Gasteiger partial charge >= 0.3 is 0 Å². The lowest BCUT2D eigenvalue weighted by Crippen LogP contribution is -2.51. The molecule has 2 heterocycles. The minimum absolute atomic E-state index is 0.396. The van der Waals surface area contributed by atoms with Crippen LogP contribution in [-0.2, 0) is 10.0 Å². The van der Waals surface area contributed by atoms with E-state index in [0.717, 1.165) is 24.0 Å². The topological polar surface area (TPSA) is 66.4 Å². The Morgan fingerprint density at radius 1 is 1.42 bits per heavy atom. The molecule has 3 rings (SSSR count). The van der Waals surface area contributed by atoms with Crippen LogP contribution in [0.4, 0.5) is 5.13 Å². The fraction of sp³-hybridized carbons (Fsp3) is 0.818. The van der Waals surface area contributed by atoms with Gasteiger partial charge in [-0.1, -0.05) is 0 Å². The molecule has 19 heavy (non-hydrogen) atoms. The van der Waals surface area contributed by atoms with E-state index in [-0.39, 0.29) is 0 Å². The van der Waals surface area contributed by atoms with Crippen LogP contribution >= 0.6 is 11.5 Å². The molecule has 0 spiro atoms. The second kappa shape index (κ2) is 4.68. The Morgan fingerprint density at radius 3 is 2.68 bits per heavy atom. The van der Waals surface area contributed by atoms with Gasteiger partial charge in [-0.05, 0) is 12.8 Å². The maximum Gasteiger partial charge on any atom is 0.210 e. The van der Waals surface area contributed by atoms with Crippen LogP contribution in [0.2, 0.25) is 0 Å². The highest BCUT2D eigenvalue weighted by molar-refractivity contribution is 7.88. The number of hydrogen-bond donors (Lipinski definition) is 0. The van der Waals surface area contributed by atoms with E-state index in [1.165, 1.54) is 34.9 Å². The number of aromatic nitrogens is 2. The van der Waals surface area contributed by atoms with Crippen LogP contribution in [0.15, 0.2) is 0 Å². The van der Waals surface area contributed by atoms with Crippen molar-refractivity contribution in [2.45, 2.75) is 18.8 Å². The third-order valence-corrected chi connectivity index (χ3v) is 5.76. The number of sulfonamides is 1. The molecule has 106 valence electrons. The van der Waals surface area contributed by atoms with Gasteiger partial charge in [-0.15, -0.1) is 0 Å².